The van der Waals surface area contributed by atoms with Gasteiger partial charge >= 0.3 is 6.18 Å². The predicted molar refractivity (Wildman–Crippen MR) is 65.8 cm³/mol. The Morgan fingerprint density at radius 1 is 1.22 bits per heavy atom. The third kappa shape index (κ3) is 2.29. The molecule has 1 aromatic carbocycles. The number of halogens is 4. The van der Waals surface area contributed by atoms with Crippen LogP contribution >= 0.6 is 11.6 Å². The highest BCUT2D eigenvalue weighted by Gasteiger charge is 2.33. The zero-order valence-corrected chi connectivity index (χ0v) is 10.6. The Morgan fingerprint density at radius 3 is 2.44 bits per heavy atom. The fraction of sp³-hybridized carbons (Fsp3) is 0.308. The van der Waals surface area contributed by atoms with Crippen LogP contribution in [-0.4, -0.2) is 4.98 Å². The van der Waals surface area contributed by atoms with E-state index in [0.29, 0.717) is 5.39 Å². The molecule has 0 aliphatic carbocycles. The summed E-state index contributed by atoms with van der Waals surface area (Å²) < 4.78 is 38.5. The zero-order valence-electron chi connectivity index (χ0n) is 9.85. The third-order valence-electron chi connectivity index (χ3n) is 2.75. The first kappa shape index (κ1) is 13.1. The number of pyridine rings is 1. The molecular formula is C13H11ClF3N. The maximum atomic E-state index is 12.8. The van der Waals surface area contributed by atoms with E-state index >= 15 is 0 Å². The summed E-state index contributed by atoms with van der Waals surface area (Å²) in [5.41, 5.74) is -0.0971. The van der Waals surface area contributed by atoms with Gasteiger partial charge in [-0.1, -0.05) is 37.6 Å². The summed E-state index contributed by atoms with van der Waals surface area (Å²) in [5, 5.41) is 0.590. The SMILES string of the molecule is CC(C)c1cc2cccc(C(F)(F)F)c2nc1Cl. The summed E-state index contributed by atoms with van der Waals surface area (Å²) >= 11 is 5.94. The van der Waals surface area contributed by atoms with Crippen LogP contribution < -0.4 is 0 Å². The highest BCUT2D eigenvalue weighted by atomic mass is 35.5. The first-order chi connectivity index (χ1) is 8.30. The summed E-state index contributed by atoms with van der Waals surface area (Å²) in [6, 6.07) is 5.68. The number of benzene rings is 1. The van der Waals surface area contributed by atoms with E-state index in [1.54, 1.807) is 12.1 Å². The predicted octanol–water partition coefficient (Wildman–Crippen LogP) is 5.03. The molecule has 0 bridgehead atoms. The number of nitrogens with zero attached hydrogens (tertiary/aromatic N) is 1. The molecule has 0 fully saturated rings. The molecule has 0 radical (unpaired) electrons. The van der Waals surface area contributed by atoms with Crippen LogP contribution in [0.1, 0.15) is 30.9 Å². The highest BCUT2D eigenvalue weighted by Crippen LogP contribution is 2.36. The number of hydrogen-bond acceptors (Lipinski definition) is 1. The van der Waals surface area contributed by atoms with E-state index in [1.807, 2.05) is 13.8 Å². The number of aromatic nitrogens is 1. The van der Waals surface area contributed by atoms with Crippen LogP contribution in [0.25, 0.3) is 10.9 Å². The average molecular weight is 274 g/mol. The van der Waals surface area contributed by atoms with Gasteiger partial charge in [-0.25, -0.2) is 4.98 Å². The average Bonchev–Trinajstić information content (AvgIpc) is 2.25. The molecule has 18 heavy (non-hydrogen) atoms. The molecular weight excluding hydrogens is 263 g/mol. The van der Waals surface area contributed by atoms with Crippen molar-refractivity contribution in [1.29, 1.82) is 0 Å². The summed E-state index contributed by atoms with van der Waals surface area (Å²) in [5.74, 6) is 0.115. The van der Waals surface area contributed by atoms with Crippen LogP contribution in [0, 0.1) is 0 Å². The van der Waals surface area contributed by atoms with E-state index in [2.05, 4.69) is 4.98 Å². The molecule has 0 saturated carbocycles. The molecule has 0 saturated heterocycles. The Kier molecular flexibility index (Phi) is 3.23. The quantitative estimate of drug-likeness (QED) is 0.664. The van der Waals surface area contributed by atoms with Crippen LogP contribution in [0.3, 0.4) is 0 Å². The van der Waals surface area contributed by atoms with Gasteiger partial charge in [-0.15, -0.1) is 0 Å². The minimum atomic E-state index is -4.42. The minimum Gasteiger partial charge on any atom is -0.235 e. The smallest absolute Gasteiger partial charge is 0.235 e. The van der Waals surface area contributed by atoms with Gasteiger partial charge in [0.15, 0.2) is 0 Å². The Bertz CT molecular complexity index is 591. The minimum absolute atomic E-state index is 0.0978. The molecule has 96 valence electrons. The third-order valence-corrected chi connectivity index (χ3v) is 3.06. The summed E-state index contributed by atoms with van der Waals surface area (Å²) in [4.78, 5) is 3.91. The molecule has 0 N–H and O–H groups in total. The van der Waals surface area contributed by atoms with Gasteiger partial charge in [-0.05, 0) is 23.6 Å². The van der Waals surface area contributed by atoms with Crippen LogP contribution in [-0.2, 0) is 6.18 Å². The summed E-state index contributed by atoms with van der Waals surface area (Å²) in [7, 11) is 0. The van der Waals surface area contributed by atoms with E-state index < -0.39 is 11.7 Å². The first-order valence-corrected chi connectivity index (χ1v) is 5.85. The van der Waals surface area contributed by atoms with E-state index in [1.165, 1.54) is 6.07 Å². The van der Waals surface area contributed by atoms with Crippen molar-refractivity contribution in [3.8, 4) is 0 Å². The number of para-hydroxylation sites is 1. The van der Waals surface area contributed by atoms with Gasteiger partial charge in [-0.3, -0.25) is 0 Å². The molecule has 0 atom stereocenters. The second kappa shape index (κ2) is 4.43. The van der Waals surface area contributed by atoms with Gasteiger partial charge in [0.05, 0.1) is 11.1 Å². The van der Waals surface area contributed by atoms with Crippen LogP contribution in [0.5, 0.6) is 0 Å². The van der Waals surface area contributed by atoms with E-state index in [0.717, 1.165) is 11.6 Å². The largest absolute Gasteiger partial charge is 0.418 e. The normalized spacial score (nSPS) is 12.4. The maximum absolute atomic E-state index is 12.8. The topological polar surface area (TPSA) is 12.9 Å². The number of alkyl halides is 3. The lowest BCUT2D eigenvalue weighted by Gasteiger charge is -2.13. The lowest BCUT2D eigenvalue weighted by molar-refractivity contribution is -0.136. The monoisotopic (exact) mass is 273 g/mol. The van der Waals surface area contributed by atoms with Crippen LogP contribution in [0.2, 0.25) is 5.15 Å². The Balaban J connectivity index is 2.77. The van der Waals surface area contributed by atoms with E-state index in [-0.39, 0.29) is 16.6 Å². The van der Waals surface area contributed by atoms with Gasteiger partial charge in [0.25, 0.3) is 0 Å². The second-order valence-electron chi connectivity index (χ2n) is 4.40. The van der Waals surface area contributed by atoms with Crippen molar-refractivity contribution in [3.63, 3.8) is 0 Å². The van der Waals surface area contributed by atoms with Crippen molar-refractivity contribution in [1.82, 2.24) is 4.98 Å². The van der Waals surface area contributed by atoms with Gasteiger partial charge in [-0.2, -0.15) is 13.2 Å². The molecule has 0 unspecified atom stereocenters. The van der Waals surface area contributed by atoms with Gasteiger partial charge < -0.3 is 0 Å². The van der Waals surface area contributed by atoms with Crippen LogP contribution in [0.15, 0.2) is 24.3 Å². The van der Waals surface area contributed by atoms with Crippen molar-refractivity contribution in [2.75, 3.05) is 0 Å². The lowest BCUT2D eigenvalue weighted by atomic mass is 10.0. The zero-order chi connectivity index (χ0) is 13.5. The highest BCUT2D eigenvalue weighted by molar-refractivity contribution is 6.30. The molecule has 0 aliphatic heterocycles. The molecule has 5 heteroatoms. The Morgan fingerprint density at radius 2 is 1.89 bits per heavy atom. The Labute approximate surface area is 108 Å². The second-order valence-corrected chi connectivity index (χ2v) is 4.76. The van der Waals surface area contributed by atoms with Crippen LogP contribution in [0.4, 0.5) is 13.2 Å². The fourth-order valence-electron chi connectivity index (χ4n) is 1.83. The first-order valence-electron chi connectivity index (χ1n) is 5.47. The van der Waals surface area contributed by atoms with Gasteiger partial charge in [0, 0.05) is 5.39 Å². The molecule has 1 aromatic heterocycles. The molecule has 1 heterocycles. The number of rotatable bonds is 1. The van der Waals surface area contributed by atoms with Crippen molar-refractivity contribution >= 4 is 22.5 Å². The summed E-state index contributed by atoms with van der Waals surface area (Å²) in [6.07, 6.45) is -4.42. The van der Waals surface area contributed by atoms with E-state index in [4.69, 9.17) is 11.6 Å². The molecule has 2 rings (SSSR count). The maximum Gasteiger partial charge on any atom is 0.418 e. The lowest BCUT2D eigenvalue weighted by Crippen LogP contribution is -2.07. The molecule has 2 aromatic rings. The fourth-order valence-corrected chi connectivity index (χ4v) is 2.18. The van der Waals surface area contributed by atoms with Crippen molar-refractivity contribution in [3.05, 3.63) is 40.5 Å². The Hall–Kier alpha value is -1.29. The number of fused-ring (bicyclic) bond motifs is 1. The van der Waals surface area contributed by atoms with Gasteiger partial charge in [0.2, 0.25) is 0 Å². The molecule has 0 spiro atoms. The van der Waals surface area contributed by atoms with Crippen molar-refractivity contribution in [2.45, 2.75) is 25.9 Å². The molecule has 0 amide bonds. The van der Waals surface area contributed by atoms with Gasteiger partial charge in [0.1, 0.15) is 5.15 Å². The number of hydrogen-bond donors (Lipinski definition) is 0. The van der Waals surface area contributed by atoms with Crippen molar-refractivity contribution < 1.29 is 13.2 Å². The summed E-state index contributed by atoms with van der Waals surface area (Å²) in [6.45, 7) is 3.84. The van der Waals surface area contributed by atoms with Crippen molar-refractivity contribution in [2.24, 2.45) is 0 Å². The molecule has 0 aliphatic rings. The molecule has 1 nitrogen and oxygen atoms in total. The standard InChI is InChI=1S/C13H11ClF3N/c1-7(2)9-6-8-4-3-5-10(13(15,16)17)11(8)18-12(9)14/h3-7H,1-2H3. The van der Waals surface area contributed by atoms with E-state index in [9.17, 15) is 13.2 Å².